The zero-order valence-electron chi connectivity index (χ0n) is 13.1. The lowest BCUT2D eigenvalue weighted by molar-refractivity contribution is 0.102. The number of halogens is 1. The Balaban J connectivity index is 1.84. The normalized spacial score (nSPS) is 14.8. The molecule has 1 N–H and O–H groups in total. The van der Waals surface area contributed by atoms with Crippen LogP contribution in [-0.4, -0.2) is 37.4 Å². The summed E-state index contributed by atoms with van der Waals surface area (Å²) in [5.74, 6) is -0.327. The van der Waals surface area contributed by atoms with Gasteiger partial charge >= 0.3 is 0 Å². The summed E-state index contributed by atoms with van der Waals surface area (Å²) in [7, 11) is 0. The Labute approximate surface area is 133 Å². The number of carbonyl (C=O) groups is 1. The number of aryl methyl sites for hydroxylation is 2. The number of rotatable bonds is 3. The first kappa shape index (κ1) is 15.5. The molecule has 0 unspecified atom stereocenters. The summed E-state index contributed by atoms with van der Waals surface area (Å²) in [4.78, 5) is 14.4. The van der Waals surface area contributed by atoms with Crippen molar-refractivity contribution < 1.29 is 18.4 Å². The second kappa shape index (κ2) is 6.37. The third kappa shape index (κ3) is 3.34. The fourth-order valence-corrected chi connectivity index (χ4v) is 2.56. The molecule has 1 saturated heterocycles. The Morgan fingerprint density at radius 2 is 2.00 bits per heavy atom. The van der Waals surface area contributed by atoms with Gasteiger partial charge in [0.2, 0.25) is 0 Å². The van der Waals surface area contributed by atoms with E-state index >= 15 is 0 Å². The van der Waals surface area contributed by atoms with Crippen molar-refractivity contribution >= 4 is 17.3 Å². The zero-order chi connectivity index (χ0) is 16.4. The fourth-order valence-electron chi connectivity index (χ4n) is 2.56. The second-order valence-electron chi connectivity index (χ2n) is 5.45. The minimum Gasteiger partial charge on any atom is -0.378 e. The number of amides is 1. The number of hydrogen-bond donors (Lipinski definition) is 1. The first-order chi connectivity index (χ1) is 11.0. The lowest BCUT2D eigenvalue weighted by Crippen LogP contribution is -2.36. The van der Waals surface area contributed by atoms with Crippen LogP contribution >= 0.6 is 0 Å². The van der Waals surface area contributed by atoms with Crippen LogP contribution in [0, 0.1) is 19.7 Å². The molecular formula is C16H18FN3O3. The number of morpholine rings is 1. The van der Waals surface area contributed by atoms with Crippen LogP contribution in [-0.2, 0) is 4.74 Å². The first-order valence-electron chi connectivity index (χ1n) is 7.42. The SMILES string of the molecule is Cc1noc(C)c1NC(=O)c1cc(F)cc(N2CCOCC2)c1. The van der Waals surface area contributed by atoms with Crippen LogP contribution in [0.4, 0.5) is 15.8 Å². The third-order valence-corrected chi connectivity index (χ3v) is 3.79. The van der Waals surface area contributed by atoms with E-state index in [0.29, 0.717) is 49.1 Å². The first-order valence-corrected chi connectivity index (χ1v) is 7.42. The Morgan fingerprint density at radius 3 is 2.65 bits per heavy atom. The molecule has 0 radical (unpaired) electrons. The van der Waals surface area contributed by atoms with E-state index in [0.717, 1.165) is 0 Å². The molecule has 6 nitrogen and oxygen atoms in total. The molecule has 3 rings (SSSR count). The lowest BCUT2D eigenvalue weighted by Gasteiger charge is -2.29. The average Bonchev–Trinajstić information content (AvgIpc) is 2.87. The summed E-state index contributed by atoms with van der Waals surface area (Å²) in [5, 5.41) is 6.51. The van der Waals surface area contributed by atoms with Gasteiger partial charge in [0.1, 0.15) is 17.2 Å². The summed E-state index contributed by atoms with van der Waals surface area (Å²) in [6.45, 7) is 5.98. The van der Waals surface area contributed by atoms with Gasteiger partial charge in [-0.15, -0.1) is 0 Å². The molecule has 2 heterocycles. The Bertz CT molecular complexity index is 704. The molecule has 0 bridgehead atoms. The molecule has 0 atom stereocenters. The quantitative estimate of drug-likeness (QED) is 0.941. The van der Waals surface area contributed by atoms with Gasteiger partial charge in [-0.2, -0.15) is 0 Å². The van der Waals surface area contributed by atoms with Gasteiger partial charge < -0.3 is 19.5 Å². The lowest BCUT2D eigenvalue weighted by atomic mass is 10.1. The maximum Gasteiger partial charge on any atom is 0.255 e. The van der Waals surface area contributed by atoms with Crippen molar-refractivity contribution in [3.05, 3.63) is 41.0 Å². The van der Waals surface area contributed by atoms with E-state index in [1.165, 1.54) is 12.1 Å². The Kier molecular flexibility index (Phi) is 4.29. The molecule has 1 aromatic carbocycles. The summed E-state index contributed by atoms with van der Waals surface area (Å²) in [5.41, 5.74) is 2.04. The number of nitrogens with zero attached hydrogens (tertiary/aromatic N) is 2. The van der Waals surface area contributed by atoms with Gasteiger partial charge in [0, 0.05) is 24.3 Å². The fraction of sp³-hybridized carbons (Fsp3) is 0.375. The smallest absolute Gasteiger partial charge is 0.255 e. The molecule has 7 heteroatoms. The molecular weight excluding hydrogens is 301 g/mol. The summed E-state index contributed by atoms with van der Waals surface area (Å²) in [6, 6.07) is 4.33. The zero-order valence-corrected chi connectivity index (χ0v) is 13.1. The highest BCUT2D eigenvalue weighted by Crippen LogP contribution is 2.23. The largest absolute Gasteiger partial charge is 0.378 e. The van der Waals surface area contributed by atoms with Gasteiger partial charge in [-0.25, -0.2) is 4.39 Å². The average molecular weight is 319 g/mol. The van der Waals surface area contributed by atoms with Gasteiger partial charge in [0.05, 0.1) is 13.2 Å². The van der Waals surface area contributed by atoms with Gasteiger partial charge in [-0.05, 0) is 32.0 Å². The maximum absolute atomic E-state index is 13.9. The number of benzene rings is 1. The van der Waals surface area contributed by atoms with Crippen LogP contribution in [0.3, 0.4) is 0 Å². The third-order valence-electron chi connectivity index (χ3n) is 3.79. The number of aromatic nitrogens is 1. The van der Waals surface area contributed by atoms with Crippen molar-refractivity contribution in [3.63, 3.8) is 0 Å². The second-order valence-corrected chi connectivity index (χ2v) is 5.45. The van der Waals surface area contributed by atoms with Crippen molar-refractivity contribution in [2.24, 2.45) is 0 Å². The van der Waals surface area contributed by atoms with Gasteiger partial charge in [-0.1, -0.05) is 5.16 Å². The van der Waals surface area contributed by atoms with Crippen LogP contribution < -0.4 is 10.2 Å². The van der Waals surface area contributed by atoms with Crippen LogP contribution in [0.2, 0.25) is 0 Å². The molecule has 2 aromatic rings. The Morgan fingerprint density at radius 1 is 1.26 bits per heavy atom. The van der Waals surface area contributed by atoms with E-state index in [1.54, 1.807) is 19.9 Å². The van der Waals surface area contributed by atoms with Crippen LogP contribution in [0.5, 0.6) is 0 Å². The minimum atomic E-state index is -0.446. The van der Waals surface area contributed by atoms with E-state index in [1.807, 2.05) is 4.90 Å². The van der Waals surface area contributed by atoms with Crippen molar-refractivity contribution in [3.8, 4) is 0 Å². The number of hydrogen-bond acceptors (Lipinski definition) is 5. The van der Waals surface area contributed by atoms with E-state index in [9.17, 15) is 9.18 Å². The number of nitrogens with one attached hydrogen (secondary N) is 1. The predicted octanol–water partition coefficient (Wildman–Crippen LogP) is 2.52. The number of carbonyl (C=O) groups excluding carboxylic acids is 1. The standard InChI is InChI=1S/C16H18FN3O3/c1-10-15(11(2)23-19-10)18-16(21)12-7-13(17)9-14(8-12)20-3-5-22-6-4-20/h7-9H,3-6H2,1-2H3,(H,18,21). The molecule has 0 saturated carbocycles. The summed E-state index contributed by atoms with van der Waals surface area (Å²) in [6.07, 6.45) is 0. The van der Waals surface area contributed by atoms with E-state index in [4.69, 9.17) is 9.26 Å². The van der Waals surface area contributed by atoms with Crippen LogP contribution in [0.1, 0.15) is 21.8 Å². The van der Waals surface area contributed by atoms with Gasteiger partial charge in [-0.3, -0.25) is 4.79 Å². The van der Waals surface area contributed by atoms with E-state index < -0.39 is 11.7 Å². The Hall–Kier alpha value is -2.41. The van der Waals surface area contributed by atoms with E-state index in [-0.39, 0.29) is 5.56 Å². The molecule has 0 spiro atoms. The van der Waals surface area contributed by atoms with Crippen LogP contribution in [0.25, 0.3) is 0 Å². The molecule has 1 fully saturated rings. The molecule has 1 amide bonds. The van der Waals surface area contributed by atoms with Crippen molar-refractivity contribution in [2.75, 3.05) is 36.5 Å². The molecule has 0 aliphatic carbocycles. The molecule has 23 heavy (non-hydrogen) atoms. The number of ether oxygens (including phenoxy) is 1. The van der Waals surface area contributed by atoms with Crippen molar-refractivity contribution in [1.82, 2.24) is 5.16 Å². The minimum absolute atomic E-state index is 0.256. The van der Waals surface area contributed by atoms with Crippen molar-refractivity contribution in [2.45, 2.75) is 13.8 Å². The monoisotopic (exact) mass is 319 g/mol. The summed E-state index contributed by atoms with van der Waals surface area (Å²) < 4.78 is 24.2. The molecule has 122 valence electrons. The van der Waals surface area contributed by atoms with Crippen molar-refractivity contribution in [1.29, 1.82) is 0 Å². The highest BCUT2D eigenvalue weighted by molar-refractivity contribution is 6.05. The maximum atomic E-state index is 13.9. The summed E-state index contributed by atoms with van der Waals surface area (Å²) >= 11 is 0. The highest BCUT2D eigenvalue weighted by atomic mass is 19.1. The number of anilines is 2. The van der Waals surface area contributed by atoms with Gasteiger partial charge in [0.15, 0.2) is 5.76 Å². The van der Waals surface area contributed by atoms with Crippen LogP contribution in [0.15, 0.2) is 22.7 Å². The highest BCUT2D eigenvalue weighted by Gasteiger charge is 2.18. The topological polar surface area (TPSA) is 67.6 Å². The molecule has 1 aliphatic rings. The predicted molar refractivity (Wildman–Crippen MR) is 83.4 cm³/mol. The van der Waals surface area contributed by atoms with E-state index in [2.05, 4.69) is 10.5 Å². The molecule has 1 aromatic heterocycles. The molecule has 1 aliphatic heterocycles. The van der Waals surface area contributed by atoms with Gasteiger partial charge in [0.25, 0.3) is 5.91 Å².